The smallest absolute Gasteiger partial charge is 0.165 e. The SMILES string of the molecule is CC/C(=C(/C)c1ccc(OC)c(F)c1)c1ccc(OC)c(F)c1. The van der Waals surface area contributed by atoms with Crippen molar-refractivity contribution in [3.8, 4) is 11.5 Å². The molecule has 0 saturated carbocycles. The van der Waals surface area contributed by atoms with Gasteiger partial charge in [0, 0.05) is 0 Å². The van der Waals surface area contributed by atoms with Crippen LogP contribution >= 0.6 is 0 Å². The largest absolute Gasteiger partial charge is 0.494 e. The minimum Gasteiger partial charge on any atom is -0.494 e. The first-order chi connectivity index (χ1) is 11.0. The highest BCUT2D eigenvalue weighted by molar-refractivity contribution is 5.90. The Morgan fingerprint density at radius 3 is 1.78 bits per heavy atom. The monoisotopic (exact) mass is 318 g/mol. The van der Waals surface area contributed by atoms with Crippen LogP contribution in [0.1, 0.15) is 31.4 Å². The van der Waals surface area contributed by atoms with Crippen molar-refractivity contribution in [1.82, 2.24) is 0 Å². The maximum Gasteiger partial charge on any atom is 0.165 e. The van der Waals surface area contributed by atoms with Crippen molar-refractivity contribution in [2.24, 2.45) is 0 Å². The highest BCUT2D eigenvalue weighted by Gasteiger charge is 2.12. The lowest BCUT2D eigenvalue weighted by Crippen LogP contribution is -1.94. The Labute approximate surface area is 135 Å². The molecule has 0 heterocycles. The molecule has 0 aliphatic carbocycles. The van der Waals surface area contributed by atoms with Gasteiger partial charge < -0.3 is 9.47 Å². The Morgan fingerprint density at radius 2 is 1.35 bits per heavy atom. The normalized spacial score (nSPS) is 11.9. The van der Waals surface area contributed by atoms with Crippen LogP contribution in [0.5, 0.6) is 11.5 Å². The standard InChI is InChI=1S/C19H20F2O2/c1-5-15(14-7-9-19(23-4)17(21)11-14)12(2)13-6-8-18(22-3)16(20)10-13/h6-11H,5H2,1-4H3/b15-12+. The van der Waals surface area contributed by atoms with E-state index in [9.17, 15) is 8.78 Å². The van der Waals surface area contributed by atoms with E-state index in [2.05, 4.69) is 0 Å². The summed E-state index contributed by atoms with van der Waals surface area (Å²) >= 11 is 0. The fourth-order valence-corrected chi connectivity index (χ4v) is 2.61. The Bertz CT molecular complexity index is 736. The minimum absolute atomic E-state index is 0.204. The molecule has 0 unspecified atom stereocenters. The zero-order valence-electron chi connectivity index (χ0n) is 13.7. The molecule has 0 aliphatic rings. The molecule has 0 N–H and O–H groups in total. The van der Waals surface area contributed by atoms with Crippen molar-refractivity contribution in [2.75, 3.05) is 14.2 Å². The third-order valence-corrected chi connectivity index (χ3v) is 3.89. The van der Waals surface area contributed by atoms with Crippen molar-refractivity contribution in [3.63, 3.8) is 0 Å². The molecule has 4 heteroatoms. The molecule has 2 aromatic carbocycles. The summed E-state index contributed by atoms with van der Waals surface area (Å²) < 4.78 is 37.8. The highest BCUT2D eigenvalue weighted by atomic mass is 19.1. The van der Waals surface area contributed by atoms with E-state index in [4.69, 9.17) is 9.47 Å². The lowest BCUT2D eigenvalue weighted by molar-refractivity contribution is 0.386. The fourth-order valence-electron chi connectivity index (χ4n) is 2.61. The molecule has 0 bridgehead atoms. The van der Waals surface area contributed by atoms with Gasteiger partial charge in [-0.05, 0) is 59.9 Å². The molecule has 0 radical (unpaired) electrons. The Morgan fingerprint density at radius 1 is 0.870 bits per heavy atom. The van der Waals surface area contributed by atoms with Crippen LogP contribution in [0, 0.1) is 11.6 Å². The second-order valence-electron chi connectivity index (χ2n) is 5.16. The van der Waals surface area contributed by atoms with Crippen molar-refractivity contribution < 1.29 is 18.3 Å². The molecule has 0 atom stereocenters. The molecule has 0 aliphatic heterocycles. The van der Waals surface area contributed by atoms with Gasteiger partial charge in [0.15, 0.2) is 23.1 Å². The van der Waals surface area contributed by atoms with Crippen molar-refractivity contribution >= 4 is 11.1 Å². The third-order valence-electron chi connectivity index (χ3n) is 3.89. The van der Waals surface area contributed by atoms with Gasteiger partial charge >= 0.3 is 0 Å². The second kappa shape index (κ2) is 7.27. The van der Waals surface area contributed by atoms with E-state index in [1.165, 1.54) is 26.4 Å². The minimum atomic E-state index is -0.416. The average molecular weight is 318 g/mol. The number of benzene rings is 2. The number of hydrogen-bond acceptors (Lipinski definition) is 2. The first kappa shape index (κ1) is 17.0. The van der Waals surface area contributed by atoms with Gasteiger partial charge in [0.25, 0.3) is 0 Å². The summed E-state index contributed by atoms with van der Waals surface area (Å²) in [4.78, 5) is 0. The molecule has 0 aromatic heterocycles. The van der Waals surface area contributed by atoms with Crippen LogP contribution in [0.2, 0.25) is 0 Å². The summed E-state index contributed by atoms with van der Waals surface area (Å²) in [5.41, 5.74) is 3.37. The van der Waals surface area contributed by atoms with E-state index in [-0.39, 0.29) is 11.5 Å². The lowest BCUT2D eigenvalue weighted by atomic mass is 9.93. The molecule has 0 saturated heterocycles. The van der Waals surface area contributed by atoms with E-state index < -0.39 is 11.6 Å². The van der Waals surface area contributed by atoms with Crippen LogP contribution in [0.4, 0.5) is 8.78 Å². The van der Waals surface area contributed by atoms with Crippen LogP contribution in [0.15, 0.2) is 36.4 Å². The van der Waals surface area contributed by atoms with Crippen molar-refractivity contribution in [1.29, 1.82) is 0 Å². The maximum atomic E-state index is 14.0. The summed E-state index contributed by atoms with van der Waals surface area (Å²) in [6, 6.07) is 9.68. The van der Waals surface area contributed by atoms with Gasteiger partial charge in [0.1, 0.15) is 0 Å². The first-order valence-corrected chi connectivity index (χ1v) is 7.39. The van der Waals surface area contributed by atoms with Crippen LogP contribution in [0.25, 0.3) is 11.1 Å². The van der Waals surface area contributed by atoms with Crippen molar-refractivity contribution in [2.45, 2.75) is 20.3 Å². The van der Waals surface area contributed by atoms with E-state index in [1.807, 2.05) is 19.9 Å². The molecule has 2 rings (SSSR count). The zero-order chi connectivity index (χ0) is 17.0. The summed E-state index contributed by atoms with van der Waals surface area (Å²) in [5, 5.41) is 0. The average Bonchev–Trinajstić information content (AvgIpc) is 2.55. The molecule has 2 aromatic rings. The van der Waals surface area contributed by atoms with E-state index in [1.54, 1.807) is 18.2 Å². The second-order valence-corrected chi connectivity index (χ2v) is 5.16. The van der Waals surface area contributed by atoms with Gasteiger partial charge in [-0.1, -0.05) is 19.1 Å². The van der Waals surface area contributed by atoms with Gasteiger partial charge in [0.05, 0.1) is 14.2 Å². The van der Waals surface area contributed by atoms with E-state index in [0.29, 0.717) is 6.42 Å². The first-order valence-electron chi connectivity index (χ1n) is 7.39. The quantitative estimate of drug-likeness (QED) is 0.694. The molecule has 0 amide bonds. The lowest BCUT2D eigenvalue weighted by Gasteiger charge is -2.13. The van der Waals surface area contributed by atoms with Crippen LogP contribution in [-0.4, -0.2) is 14.2 Å². The Balaban J connectivity index is 2.50. The third kappa shape index (κ3) is 3.52. The number of rotatable bonds is 5. The molecular formula is C19H20F2O2. The molecular weight excluding hydrogens is 298 g/mol. The van der Waals surface area contributed by atoms with Crippen LogP contribution in [0.3, 0.4) is 0 Å². The van der Waals surface area contributed by atoms with Gasteiger partial charge in [-0.25, -0.2) is 8.78 Å². The van der Waals surface area contributed by atoms with E-state index >= 15 is 0 Å². The van der Waals surface area contributed by atoms with Crippen molar-refractivity contribution in [3.05, 3.63) is 59.2 Å². The molecule has 2 nitrogen and oxygen atoms in total. The van der Waals surface area contributed by atoms with Gasteiger partial charge in [0.2, 0.25) is 0 Å². The molecule has 122 valence electrons. The summed E-state index contributed by atoms with van der Waals surface area (Å²) in [5.74, 6) is -0.419. The highest BCUT2D eigenvalue weighted by Crippen LogP contribution is 2.32. The number of halogens is 2. The number of methoxy groups -OCH3 is 2. The summed E-state index contributed by atoms with van der Waals surface area (Å²) in [6.45, 7) is 3.89. The summed E-state index contributed by atoms with van der Waals surface area (Å²) in [6.07, 6.45) is 0.700. The maximum absolute atomic E-state index is 14.0. The van der Waals surface area contributed by atoms with Crippen LogP contribution in [-0.2, 0) is 0 Å². The molecule has 0 spiro atoms. The predicted molar refractivity (Wildman–Crippen MR) is 88.7 cm³/mol. The predicted octanol–water partition coefficient (Wildman–Crippen LogP) is 5.32. The van der Waals surface area contributed by atoms with Crippen LogP contribution < -0.4 is 9.47 Å². The molecule has 23 heavy (non-hydrogen) atoms. The van der Waals surface area contributed by atoms with Gasteiger partial charge in [-0.15, -0.1) is 0 Å². The van der Waals surface area contributed by atoms with Gasteiger partial charge in [-0.3, -0.25) is 0 Å². The summed E-state index contributed by atoms with van der Waals surface area (Å²) in [7, 11) is 2.86. The zero-order valence-corrected chi connectivity index (χ0v) is 13.7. The Hall–Kier alpha value is -2.36. The topological polar surface area (TPSA) is 18.5 Å². The molecule has 0 fully saturated rings. The number of allylic oxidation sites excluding steroid dienone is 2. The number of ether oxygens (including phenoxy) is 2. The Kier molecular flexibility index (Phi) is 5.37. The van der Waals surface area contributed by atoms with E-state index in [0.717, 1.165) is 22.3 Å². The van der Waals surface area contributed by atoms with Gasteiger partial charge in [-0.2, -0.15) is 0 Å². The fraction of sp³-hybridized carbons (Fsp3) is 0.263. The number of hydrogen-bond donors (Lipinski definition) is 0.